The third-order valence-corrected chi connectivity index (χ3v) is 5.23. The topological polar surface area (TPSA) is 55.7 Å². The molecule has 0 aromatic heterocycles. The fourth-order valence-corrected chi connectivity index (χ4v) is 3.55. The lowest BCUT2D eigenvalue weighted by molar-refractivity contribution is 0.0929. The van der Waals surface area contributed by atoms with Crippen molar-refractivity contribution in [2.75, 3.05) is 25.0 Å². The number of likely N-dealkylation sites (tertiary alicyclic amines) is 1. The minimum Gasteiger partial charge on any atom is -0.508 e. The van der Waals surface area contributed by atoms with Crippen molar-refractivity contribution < 1.29 is 10.2 Å². The number of benzene rings is 2. The number of piperidine rings is 1. The lowest BCUT2D eigenvalue weighted by atomic mass is 10.0. The van der Waals surface area contributed by atoms with Gasteiger partial charge in [-0.3, -0.25) is 0 Å². The molecular weight excluding hydrogens is 348 g/mol. The lowest BCUT2D eigenvalue weighted by Crippen LogP contribution is -2.42. The third kappa shape index (κ3) is 5.90. The Labute approximate surface area is 160 Å². The second-order valence-corrected chi connectivity index (χ2v) is 7.52. The molecule has 1 heterocycles. The SMILES string of the molecule is Oc1ccc(CC[C@@H](O)CN2CCC(Nc3ccc(Cl)cc3)CC2)cc1. The van der Waals surface area contributed by atoms with Gasteiger partial charge in [0.2, 0.25) is 0 Å². The van der Waals surface area contributed by atoms with Gasteiger partial charge >= 0.3 is 0 Å². The van der Waals surface area contributed by atoms with E-state index in [1.807, 2.05) is 36.4 Å². The van der Waals surface area contributed by atoms with Crippen LogP contribution < -0.4 is 5.32 Å². The standard InChI is InChI=1S/C21H27ClN2O2/c22-17-4-6-18(7-5-17)23-19-11-13-24(14-12-19)15-21(26)10-3-16-1-8-20(25)9-2-16/h1-2,4-9,19,21,23,25-26H,3,10-15H2/t21-/m1/s1. The van der Waals surface area contributed by atoms with Crippen LogP contribution in [-0.2, 0) is 6.42 Å². The van der Waals surface area contributed by atoms with E-state index in [2.05, 4.69) is 10.2 Å². The molecular formula is C21H27ClN2O2. The molecule has 1 aliphatic heterocycles. The van der Waals surface area contributed by atoms with Gasteiger partial charge in [0.05, 0.1) is 6.10 Å². The smallest absolute Gasteiger partial charge is 0.115 e. The van der Waals surface area contributed by atoms with Crippen LogP contribution in [0.2, 0.25) is 5.02 Å². The number of rotatable bonds is 7. The molecule has 140 valence electrons. The molecule has 1 atom stereocenters. The zero-order valence-corrected chi connectivity index (χ0v) is 15.7. The summed E-state index contributed by atoms with van der Waals surface area (Å²) in [6.07, 6.45) is 3.41. The lowest BCUT2D eigenvalue weighted by Gasteiger charge is -2.34. The highest BCUT2D eigenvalue weighted by atomic mass is 35.5. The van der Waals surface area contributed by atoms with Gasteiger partial charge in [-0.05, 0) is 67.6 Å². The second kappa shape index (κ2) is 9.26. The fourth-order valence-electron chi connectivity index (χ4n) is 3.43. The summed E-state index contributed by atoms with van der Waals surface area (Å²) in [7, 11) is 0. The number of phenolic OH excluding ortho intramolecular Hbond substituents is 1. The van der Waals surface area contributed by atoms with Crippen LogP contribution in [0.5, 0.6) is 5.75 Å². The molecule has 0 unspecified atom stereocenters. The number of aliphatic hydroxyl groups is 1. The molecule has 0 aliphatic carbocycles. The average Bonchev–Trinajstić information content (AvgIpc) is 2.65. The normalized spacial score (nSPS) is 17.2. The molecule has 2 aromatic rings. The van der Waals surface area contributed by atoms with Crippen molar-refractivity contribution in [1.82, 2.24) is 4.90 Å². The Morgan fingerprint density at radius 3 is 2.35 bits per heavy atom. The van der Waals surface area contributed by atoms with Crippen molar-refractivity contribution in [1.29, 1.82) is 0 Å². The number of aromatic hydroxyl groups is 1. The number of aliphatic hydroxyl groups excluding tert-OH is 1. The Morgan fingerprint density at radius 1 is 1.04 bits per heavy atom. The molecule has 0 amide bonds. The van der Waals surface area contributed by atoms with Crippen LogP contribution in [-0.4, -0.2) is 46.9 Å². The summed E-state index contributed by atoms with van der Waals surface area (Å²) in [5, 5.41) is 24.0. The Kier molecular flexibility index (Phi) is 6.78. The number of β-amino-alcohol motifs (C(OH)–C–C–N with tert-alkyl or cyclic N) is 1. The predicted octanol–water partition coefficient (Wildman–Crippen LogP) is 3.92. The van der Waals surface area contributed by atoms with Gasteiger partial charge in [-0.15, -0.1) is 0 Å². The Bertz CT molecular complexity index is 667. The maximum atomic E-state index is 10.3. The monoisotopic (exact) mass is 374 g/mol. The first kappa shape index (κ1) is 19.0. The fraction of sp³-hybridized carbons (Fsp3) is 0.429. The van der Waals surface area contributed by atoms with E-state index in [0.717, 1.165) is 61.6 Å². The van der Waals surface area contributed by atoms with Gasteiger partial charge in [-0.2, -0.15) is 0 Å². The van der Waals surface area contributed by atoms with E-state index in [1.165, 1.54) is 0 Å². The highest BCUT2D eigenvalue weighted by Gasteiger charge is 2.20. The van der Waals surface area contributed by atoms with Gasteiger partial charge in [0.25, 0.3) is 0 Å². The quantitative estimate of drug-likeness (QED) is 0.687. The van der Waals surface area contributed by atoms with E-state index in [1.54, 1.807) is 12.1 Å². The summed E-state index contributed by atoms with van der Waals surface area (Å²) in [4.78, 5) is 2.35. The van der Waals surface area contributed by atoms with Crippen molar-refractivity contribution >= 4 is 17.3 Å². The molecule has 0 saturated carbocycles. The molecule has 3 N–H and O–H groups in total. The zero-order chi connectivity index (χ0) is 18.4. The molecule has 1 saturated heterocycles. The van der Waals surface area contributed by atoms with Gasteiger partial charge in [0.1, 0.15) is 5.75 Å². The minimum atomic E-state index is -0.315. The van der Waals surface area contributed by atoms with Crippen molar-refractivity contribution in [3.63, 3.8) is 0 Å². The molecule has 4 nitrogen and oxygen atoms in total. The van der Waals surface area contributed by atoms with Crippen LogP contribution in [0.3, 0.4) is 0 Å². The van der Waals surface area contributed by atoms with Crippen LogP contribution in [0.25, 0.3) is 0 Å². The van der Waals surface area contributed by atoms with Crippen LogP contribution >= 0.6 is 11.6 Å². The summed E-state index contributed by atoms with van der Waals surface area (Å²) < 4.78 is 0. The molecule has 0 radical (unpaired) electrons. The molecule has 26 heavy (non-hydrogen) atoms. The van der Waals surface area contributed by atoms with E-state index < -0.39 is 0 Å². The van der Waals surface area contributed by atoms with Gasteiger partial charge in [0, 0.05) is 36.4 Å². The highest BCUT2D eigenvalue weighted by molar-refractivity contribution is 6.30. The Hall–Kier alpha value is -1.75. The number of nitrogens with one attached hydrogen (secondary N) is 1. The zero-order valence-electron chi connectivity index (χ0n) is 14.9. The van der Waals surface area contributed by atoms with E-state index in [9.17, 15) is 10.2 Å². The van der Waals surface area contributed by atoms with Crippen LogP contribution in [0.1, 0.15) is 24.8 Å². The summed E-state index contributed by atoms with van der Waals surface area (Å²) in [5.41, 5.74) is 2.26. The molecule has 0 bridgehead atoms. The second-order valence-electron chi connectivity index (χ2n) is 7.09. The van der Waals surface area contributed by atoms with Gasteiger partial charge < -0.3 is 20.4 Å². The van der Waals surface area contributed by atoms with Crippen molar-refractivity contribution in [2.24, 2.45) is 0 Å². The van der Waals surface area contributed by atoms with Crippen LogP contribution in [0.15, 0.2) is 48.5 Å². The maximum Gasteiger partial charge on any atom is 0.115 e. The number of aryl methyl sites for hydroxylation is 1. The number of hydrogen-bond donors (Lipinski definition) is 3. The summed E-state index contributed by atoms with van der Waals surface area (Å²) in [6.45, 7) is 2.73. The van der Waals surface area contributed by atoms with Crippen molar-refractivity contribution in [3.8, 4) is 5.75 Å². The van der Waals surface area contributed by atoms with Crippen molar-refractivity contribution in [3.05, 3.63) is 59.1 Å². The molecule has 0 spiro atoms. The Morgan fingerprint density at radius 2 is 1.69 bits per heavy atom. The number of anilines is 1. The Balaban J connectivity index is 1.36. The molecule has 5 heteroatoms. The number of nitrogens with zero attached hydrogens (tertiary/aromatic N) is 1. The molecule has 1 fully saturated rings. The first-order valence-electron chi connectivity index (χ1n) is 9.29. The third-order valence-electron chi connectivity index (χ3n) is 4.97. The average molecular weight is 375 g/mol. The summed E-state index contributed by atoms with van der Waals surface area (Å²) >= 11 is 5.92. The van der Waals surface area contributed by atoms with Gasteiger partial charge in [0.15, 0.2) is 0 Å². The maximum absolute atomic E-state index is 10.3. The number of hydrogen-bond acceptors (Lipinski definition) is 4. The first-order valence-corrected chi connectivity index (χ1v) is 9.67. The molecule has 1 aliphatic rings. The van der Waals surface area contributed by atoms with E-state index in [4.69, 9.17) is 11.6 Å². The minimum absolute atomic E-state index is 0.282. The summed E-state index contributed by atoms with van der Waals surface area (Å²) in [6, 6.07) is 15.5. The predicted molar refractivity (Wildman–Crippen MR) is 107 cm³/mol. The number of phenols is 1. The highest BCUT2D eigenvalue weighted by Crippen LogP contribution is 2.19. The van der Waals surface area contributed by atoms with Crippen molar-refractivity contribution in [2.45, 2.75) is 37.8 Å². The van der Waals surface area contributed by atoms with Crippen LogP contribution in [0, 0.1) is 0 Å². The van der Waals surface area contributed by atoms with E-state index in [-0.39, 0.29) is 11.9 Å². The van der Waals surface area contributed by atoms with E-state index in [0.29, 0.717) is 6.04 Å². The van der Waals surface area contributed by atoms with E-state index >= 15 is 0 Å². The number of halogens is 1. The molecule has 3 rings (SSSR count). The van der Waals surface area contributed by atoms with Crippen LogP contribution in [0.4, 0.5) is 5.69 Å². The molecule has 2 aromatic carbocycles. The van der Waals surface area contributed by atoms with Gasteiger partial charge in [-0.1, -0.05) is 23.7 Å². The summed E-state index contributed by atoms with van der Waals surface area (Å²) in [5.74, 6) is 0.282. The van der Waals surface area contributed by atoms with Gasteiger partial charge in [-0.25, -0.2) is 0 Å². The first-order chi connectivity index (χ1) is 12.6. The largest absolute Gasteiger partial charge is 0.508 e.